The van der Waals surface area contributed by atoms with Crippen molar-refractivity contribution in [3.8, 4) is 0 Å². The van der Waals surface area contributed by atoms with Gasteiger partial charge in [-0.15, -0.1) is 0 Å². The molecule has 0 radical (unpaired) electrons. The minimum atomic E-state index is -0.981. The van der Waals surface area contributed by atoms with Crippen LogP contribution >= 0.6 is 0 Å². The Morgan fingerprint density at radius 3 is 1.17 bits per heavy atom. The molecule has 0 aliphatic carbocycles. The van der Waals surface area contributed by atoms with Crippen LogP contribution in [-0.2, 0) is 9.59 Å². The van der Waals surface area contributed by atoms with Gasteiger partial charge in [0.05, 0.1) is 5.92 Å². The van der Waals surface area contributed by atoms with E-state index in [1.165, 1.54) is 89.9 Å². The third-order valence-corrected chi connectivity index (χ3v) is 5.34. The molecule has 0 unspecified atom stereocenters. The Hall–Kier alpha value is -1.32. The van der Waals surface area contributed by atoms with Crippen molar-refractivity contribution in [1.82, 2.24) is 0 Å². The number of rotatable bonds is 20. The minimum absolute atomic E-state index is 0.0924. The van der Waals surface area contributed by atoms with Crippen LogP contribution in [-0.4, -0.2) is 22.2 Å². The Kier molecular flexibility index (Phi) is 25.5. The van der Waals surface area contributed by atoms with E-state index in [0.29, 0.717) is 0 Å². The van der Waals surface area contributed by atoms with E-state index >= 15 is 0 Å². The van der Waals surface area contributed by atoms with Crippen LogP contribution in [0, 0.1) is 5.92 Å². The van der Waals surface area contributed by atoms with Crippen LogP contribution < -0.4 is 0 Å². The van der Waals surface area contributed by atoms with E-state index in [-0.39, 0.29) is 5.92 Å². The van der Waals surface area contributed by atoms with E-state index in [2.05, 4.69) is 20.4 Å². The van der Waals surface area contributed by atoms with Crippen LogP contribution in [0.3, 0.4) is 0 Å². The summed E-state index contributed by atoms with van der Waals surface area (Å²) in [5.41, 5.74) is 0. The van der Waals surface area contributed by atoms with Gasteiger partial charge in [-0.1, -0.05) is 123 Å². The summed E-state index contributed by atoms with van der Waals surface area (Å²) in [6, 6.07) is 0. The molecule has 29 heavy (non-hydrogen) atoms. The van der Waals surface area contributed by atoms with E-state index in [4.69, 9.17) is 5.11 Å². The van der Waals surface area contributed by atoms with Gasteiger partial charge in [-0.25, -0.2) is 4.79 Å². The van der Waals surface area contributed by atoms with Gasteiger partial charge in [0, 0.05) is 6.08 Å². The molecule has 0 aromatic rings. The highest BCUT2D eigenvalue weighted by Gasteiger charge is 2.16. The maximum absolute atomic E-state index is 11.4. The minimum Gasteiger partial charge on any atom is -0.481 e. The van der Waals surface area contributed by atoms with E-state index in [9.17, 15) is 14.7 Å². The lowest BCUT2D eigenvalue weighted by Crippen LogP contribution is -2.13. The summed E-state index contributed by atoms with van der Waals surface area (Å²) in [6.45, 7) is 7.46. The summed E-state index contributed by atoms with van der Waals surface area (Å²) in [4.78, 5) is 20.6. The number of unbranched alkanes of at least 4 members (excludes halogenated alkanes) is 14. The molecule has 0 fully saturated rings. The molecule has 0 aliphatic heterocycles. The number of hydrogen-bond acceptors (Lipinski definition) is 2. The van der Waals surface area contributed by atoms with Gasteiger partial charge in [0.25, 0.3) is 0 Å². The normalized spacial score (nSPS) is 10.4. The second kappa shape index (κ2) is 24.7. The molecule has 0 spiro atoms. The number of carboxylic acid groups (broad SMARTS) is 2. The van der Waals surface area contributed by atoms with E-state index in [1.807, 2.05) is 0 Å². The Morgan fingerprint density at radius 1 is 0.655 bits per heavy atom. The van der Waals surface area contributed by atoms with Crippen LogP contribution in [0.25, 0.3) is 0 Å². The Bertz CT molecular complexity index is 359. The quantitative estimate of drug-likeness (QED) is 0.157. The molecule has 0 aromatic carbocycles. The Balaban J connectivity index is 0. The first-order valence-corrected chi connectivity index (χ1v) is 12.1. The molecule has 0 aliphatic rings. The molecule has 4 heteroatoms. The molecular formula is C25H48O4. The predicted octanol–water partition coefficient (Wildman–Crippen LogP) is 8.01. The predicted molar refractivity (Wildman–Crippen MR) is 123 cm³/mol. The van der Waals surface area contributed by atoms with Crippen molar-refractivity contribution in [3.63, 3.8) is 0 Å². The highest BCUT2D eigenvalue weighted by molar-refractivity contribution is 5.78. The second-order valence-electron chi connectivity index (χ2n) is 8.10. The van der Waals surface area contributed by atoms with E-state index in [1.54, 1.807) is 0 Å². The Morgan fingerprint density at radius 2 is 0.931 bits per heavy atom. The second-order valence-corrected chi connectivity index (χ2v) is 8.10. The van der Waals surface area contributed by atoms with Crippen molar-refractivity contribution in [3.05, 3.63) is 12.7 Å². The molecule has 172 valence electrons. The van der Waals surface area contributed by atoms with Crippen molar-refractivity contribution in [1.29, 1.82) is 0 Å². The van der Waals surface area contributed by atoms with Gasteiger partial charge in [0.15, 0.2) is 0 Å². The number of hydrogen-bond donors (Lipinski definition) is 2. The summed E-state index contributed by atoms with van der Waals surface area (Å²) in [5, 5.41) is 17.0. The molecule has 4 nitrogen and oxygen atoms in total. The third-order valence-electron chi connectivity index (χ3n) is 5.34. The van der Waals surface area contributed by atoms with Gasteiger partial charge in [0.1, 0.15) is 0 Å². The lowest BCUT2D eigenvalue weighted by molar-refractivity contribution is -0.142. The van der Waals surface area contributed by atoms with Crippen LogP contribution in [0.1, 0.15) is 129 Å². The molecular weight excluding hydrogens is 364 g/mol. The molecule has 0 saturated heterocycles. The van der Waals surface area contributed by atoms with Crippen LogP contribution in [0.15, 0.2) is 12.7 Å². The van der Waals surface area contributed by atoms with Gasteiger partial charge < -0.3 is 10.2 Å². The lowest BCUT2D eigenvalue weighted by atomic mass is 9.94. The van der Waals surface area contributed by atoms with Crippen LogP contribution in [0.2, 0.25) is 0 Å². The molecule has 0 bridgehead atoms. The van der Waals surface area contributed by atoms with Crippen LogP contribution in [0.5, 0.6) is 0 Å². The molecule has 0 saturated carbocycles. The SMILES string of the molecule is C=CC(=O)O.CCCCCCCCCCC(CCCCCCCCCC)C(=O)O. The van der Waals surface area contributed by atoms with E-state index in [0.717, 1.165) is 31.8 Å². The summed E-state index contributed by atoms with van der Waals surface area (Å²) in [5.74, 6) is -1.64. The maximum atomic E-state index is 11.4. The summed E-state index contributed by atoms with van der Waals surface area (Å²) >= 11 is 0. The summed E-state index contributed by atoms with van der Waals surface area (Å²) in [7, 11) is 0. The Labute approximate surface area is 180 Å². The monoisotopic (exact) mass is 412 g/mol. The van der Waals surface area contributed by atoms with Gasteiger partial charge in [-0.3, -0.25) is 4.79 Å². The highest BCUT2D eigenvalue weighted by atomic mass is 16.4. The zero-order valence-electron chi connectivity index (χ0n) is 19.3. The average molecular weight is 413 g/mol. The largest absolute Gasteiger partial charge is 0.481 e. The fourth-order valence-electron chi connectivity index (χ4n) is 3.44. The number of carbonyl (C=O) groups is 2. The average Bonchev–Trinajstić information content (AvgIpc) is 2.70. The van der Waals surface area contributed by atoms with Crippen molar-refractivity contribution in [2.24, 2.45) is 5.92 Å². The van der Waals surface area contributed by atoms with Crippen molar-refractivity contribution in [2.75, 3.05) is 0 Å². The first-order valence-electron chi connectivity index (χ1n) is 12.1. The zero-order valence-corrected chi connectivity index (χ0v) is 19.3. The fourth-order valence-corrected chi connectivity index (χ4v) is 3.44. The zero-order chi connectivity index (χ0) is 22.2. The number of carboxylic acids is 2. The van der Waals surface area contributed by atoms with Gasteiger partial charge in [-0.2, -0.15) is 0 Å². The maximum Gasteiger partial charge on any atom is 0.327 e. The molecule has 0 atom stereocenters. The highest BCUT2D eigenvalue weighted by Crippen LogP contribution is 2.20. The third kappa shape index (κ3) is 26.7. The molecule has 0 aromatic heterocycles. The fraction of sp³-hybridized carbons (Fsp3) is 0.840. The van der Waals surface area contributed by atoms with Crippen molar-refractivity contribution in [2.45, 2.75) is 129 Å². The van der Waals surface area contributed by atoms with Gasteiger partial charge >= 0.3 is 11.9 Å². The molecule has 0 heterocycles. The van der Waals surface area contributed by atoms with Gasteiger partial charge in [0.2, 0.25) is 0 Å². The summed E-state index contributed by atoms with van der Waals surface area (Å²) < 4.78 is 0. The first kappa shape index (κ1) is 29.9. The van der Waals surface area contributed by atoms with Crippen molar-refractivity contribution >= 4 is 11.9 Å². The topological polar surface area (TPSA) is 74.6 Å². The smallest absolute Gasteiger partial charge is 0.327 e. The van der Waals surface area contributed by atoms with Crippen LogP contribution in [0.4, 0.5) is 0 Å². The molecule has 0 amide bonds. The molecule has 0 rings (SSSR count). The molecule has 2 N–H and O–H groups in total. The number of aliphatic carboxylic acids is 2. The van der Waals surface area contributed by atoms with Gasteiger partial charge in [-0.05, 0) is 12.8 Å². The lowest BCUT2D eigenvalue weighted by Gasteiger charge is -2.12. The summed E-state index contributed by atoms with van der Waals surface area (Å²) in [6.07, 6.45) is 23.2. The first-order chi connectivity index (χ1) is 14.0. The standard InChI is InChI=1S/C22H44O2.C3H4O2/c1-3-5-7-9-11-13-15-17-19-21(22(23)24)20-18-16-14-12-10-8-6-4-2;1-2-3(4)5/h21H,3-20H2,1-2H3,(H,23,24);2H,1H2,(H,4,5). The van der Waals surface area contributed by atoms with Crippen molar-refractivity contribution < 1.29 is 19.8 Å². The van der Waals surface area contributed by atoms with E-state index < -0.39 is 11.9 Å².